The van der Waals surface area contributed by atoms with Crippen LogP contribution in [-0.2, 0) is 29.0 Å². The zero-order chi connectivity index (χ0) is 42.3. The molecule has 3 N–H and O–H groups in total. The number of unbranched alkanes of at least 4 members (excludes halogenated alkanes) is 1. The number of amides is 3. The molecule has 56 heavy (non-hydrogen) atoms. The van der Waals surface area contributed by atoms with Gasteiger partial charge in [0.15, 0.2) is 0 Å². The number of alkyl carbamates (subject to hydrolysis) is 1. The Kier molecular flexibility index (Phi) is 17.7. The van der Waals surface area contributed by atoms with Crippen LogP contribution in [0.5, 0.6) is 0 Å². The molecule has 15 nitrogen and oxygen atoms in total. The quantitative estimate of drug-likeness (QED) is 0.0776. The minimum absolute atomic E-state index is 0.0537. The van der Waals surface area contributed by atoms with E-state index >= 15 is 4.39 Å². The molecule has 0 aliphatic rings. The number of carbonyl (C=O) groups is 4. The van der Waals surface area contributed by atoms with Gasteiger partial charge in [0.25, 0.3) is 10.0 Å². The molecule has 2 rings (SSSR count). The highest BCUT2D eigenvalue weighted by molar-refractivity contribution is 7.92. The van der Waals surface area contributed by atoms with E-state index in [4.69, 9.17) is 18.9 Å². The summed E-state index contributed by atoms with van der Waals surface area (Å²) in [4.78, 5) is 53.7. The second-order valence-corrected chi connectivity index (χ2v) is 17.7. The zero-order valence-corrected chi connectivity index (χ0v) is 35.2. The number of anilines is 2. The third-order valence-electron chi connectivity index (χ3n) is 7.41. The minimum atomic E-state index is -4.13. The van der Waals surface area contributed by atoms with Gasteiger partial charge in [0.1, 0.15) is 22.6 Å². The fourth-order valence-electron chi connectivity index (χ4n) is 4.99. The van der Waals surface area contributed by atoms with Crippen LogP contribution in [0.2, 0.25) is 0 Å². The van der Waals surface area contributed by atoms with Gasteiger partial charge >= 0.3 is 24.2 Å². The molecule has 0 fully saturated rings. The predicted molar refractivity (Wildman–Crippen MR) is 212 cm³/mol. The molecular weight excluding hydrogens is 750 g/mol. The zero-order valence-electron chi connectivity index (χ0n) is 34.4. The molecule has 0 radical (unpaired) electrons. The van der Waals surface area contributed by atoms with Gasteiger partial charge in [0.05, 0.1) is 28.9 Å². The lowest BCUT2D eigenvalue weighted by Crippen LogP contribution is -2.40. The molecule has 0 aliphatic carbocycles. The fourth-order valence-corrected chi connectivity index (χ4v) is 6.08. The number of carbonyl (C=O) groups excluding carboxylic acids is 4. The maximum Gasteiger partial charge on any atom is 0.410 e. The third kappa shape index (κ3) is 17.8. The second-order valence-electron chi connectivity index (χ2n) is 16.0. The van der Waals surface area contributed by atoms with Crippen molar-refractivity contribution in [3.05, 3.63) is 53.8 Å². The van der Waals surface area contributed by atoms with Crippen molar-refractivity contribution in [2.45, 2.75) is 110 Å². The van der Waals surface area contributed by atoms with E-state index in [1.807, 2.05) is 0 Å². The van der Waals surface area contributed by atoms with Gasteiger partial charge in [0.2, 0.25) is 0 Å². The number of esters is 1. The van der Waals surface area contributed by atoms with Crippen molar-refractivity contribution in [3.8, 4) is 0 Å². The largest absolute Gasteiger partial charge is 0.465 e. The molecule has 0 aliphatic heterocycles. The van der Waals surface area contributed by atoms with Crippen LogP contribution in [0, 0.1) is 5.82 Å². The standard InChI is InChI=1S/C39H60FN5O10S/c1-37(2,3)53-34(47)42-21-17-25-45(36(49)55-39(7,8)9)23-15-14-22-44(35(48)54-38(4,5)6)24-16-20-41-32-27-31(29(26-30(32)40)33(46)52-10)43-56(50,51)28-18-12-11-13-19-28/h11-13,18-19,26-27,41,43H,14-17,20-25H2,1-10H3,(H,42,47). The topological polar surface area (TPSA) is 182 Å². The van der Waals surface area contributed by atoms with Crippen LogP contribution in [0.25, 0.3) is 0 Å². The first kappa shape index (κ1) is 47.4. The lowest BCUT2D eigenvalue weighted by atomic mass is 10.1. The van der Waals surface area contributed by atoms with E-state index in [1.165, 1.54) is 23.1 Å². The smallest absolute Gasteiger partial charge is 0.410 e. The van der Waals surface area contributed by atoms with Gasteiger partial charge in [-0.15, -0.1) is 0 Å². The molecule has 17 heteroatoms. The van der Waals surface area contributed by atoms with Gasteiger partial charge in [-0.05, 0) is 112 Å². The van der Waals surface area contributed by atoms with Gasteiger partial charge in [-0.3, -0.25) is 4.72 Å². The molecule has 2 aromatic carbocycles. The van der Waals surface area contributed by atoms with Crippen LogP contribution < -0.4 is 15.4 Å². The summed E-state index contributed by atoms with van der Waals surface area (Å²) in [7, 11) is -3.03. The number of halogens is 1. The highest BCUT2D eigenvalue weighted by Crippen LogP contribution is 2.28. The number of hydrogen-bond acceptors (Lipinski definition) is 11. The number of hydrogen-bond donors (Lipinski definition) is 3. The van der Waals surface area contributed by atoms with E-state index in [2.05, 4.69) is 15.4 Å². The van der Waals surface area contributed by atoms with Gasteiger partial charge in [-0.1, -0.05) is 18.2 Å². The first-order chi connectivity index (χ1) is 25.9. The molecule has 0 saturated carbocycles. The third-order valence-corrected chi connectivity index (χ3v) is 8.79. The highest BCUT2D eigenvalue weighted by atomic mass is 32.2. The maximum absolute atomic E-state index is 15.2. The van der Waals surface area contributed by atoms with E-state index in [0.29, 0.717) is 51.9 Å². The van der Waals surface area contributed by atoms with Crippen molar-refractivity contribution in [1.82, 2.24) is 15.1 Å². The van der Waals surface area contributed by atoms with E-state index in [9.17, 15) is 27.6 Å². The van der Waals surface area contributed by atoms with Crippen molar-refractivity contribution >= 4 is 45.6 Å². The SMILES string of the molecule is COC(=O)c1cc(F)c(NCCCN(CCCCN(CCCNC(=O)OC(C)(C)C)C(=O)OC(C)(C)C)C(=O)OC(C)(C)C)cc1NS(=O)(=O)c1ccccc1. The number of sulfonamides is 1. The Morgan fingerprint density at radius 3 is 1.64 bits per heavy atom. The molecule has 314 valence electrons. The summed E-state index contributed by atoms with van der Waals surface area (Å²) in [6.07, 6.45) is 0.260. The monoisotopic (exact) mass is 809 g/mol. The molecule has 2 aromatic rings. The molecule has 0 heterocycles. The Balaban J connectivity index is 2.09. The van der Waals surface area contributed by atoms with Crippen LogP contribution in [0.15, 0.2) is 47.4 Å². The van der Waals surface area contributed by atoms with Gasteiger partial charge in [-0.2, -0.15) is 0 Å². The van der Waals surface area contributed by atoms with Crippen molar-refractivity contribution in [3.63, 3.8) is 0 Å². The van der Waals surface area contributed by atoms with E-state index < -0.39 is 56.9 Å². The number of nitrogens with zero attached hydrogens (tertiary/aromatic N) is 2. The summed E-state index contributed by atoms with van der Waals surface area (Å²) >= 11 is 0. The van der Waals surface area contributed by atoms with Crippen LogP contribution >= 0.6 is 0 Å². The van der Waals surface area contributed by atoms with Crippen molar-refractivity contribution in [2.24, 2.45) is 0 Å². The second kappa shape index (κ2) is 20.9. The van der Waals surface area contributed by atoms with E-state index in [-0.39, 0.29) is 34.9 Å². The first-order valence-corrected chi connectivity index (χ1v) is 20.1. The molecule has 0 bridgehead atoms. The Bertz CT molecular complexity index is 1720. The van der Waals surface area contributed by atoms with Crippen LogP contribution in [0.1, 0.15) is 98.4 Å². The first-order valence-electron chi connectivity index (χ1n) is 18.6. The molecule has 0 aromatic heterocycles. The minimum Gasteiger partial charge on any atom is -0.465 e. The molecule has 0 saturated heterocycles. The maximum atomic E-state index is 15.2. The van der Waals surface area contributed by atoms with Gasteiger partial charge < -0.3 is 39.4 Å². The lowest BCUT2D eigenvalue weighted by molar-refractivity contribution is 0.0208. The molecule has 0 atom stereocenters. The van der Waals surface area contributed by atoms with Crippen molar-refractivity contribution in [2.75, 3.05) is 56.4 Å². The van der Waals surface area contributed by atoms with Crippen LogP contribution in [-0.4, -0.2) is 106 Å². The predicted octanol–water partition coefficient (Wildman–Crippen LogP) is 7.38. The molecule has 0 unspecified atom stereocenters. The van der Waals surface area contributed by atoms with E-state index in [1.54, 1.807) is 85.4 Å². The summed E-state index contributed by atoms with van der Waals surface area (Å²) in [5.41, 5.74) is -2.67. The van der Waals surface area contributed by atoms with Crippen molar-refractivity contribution in [1.29, 1.82) is 0 Å². The average molecular weight is 810 g/mol. The molecule has 3 amide bonds. The Morgan fingerprint density at radius 1 is 0.679 bits per heavy atom. The average Bonchev–Trinajstić information content (AvgIpc) is 3.06. The summed E-state index contributed by atoms with van der Waals surface area (Å²) in [5, 5.41) is 5.62. The van der Waals surface area contributed by atoms with E-state index in [0.717, 1.165) is 13.2 Å². The van der Waals surface area contributed by atoms with Gasteiger partial charge in [0, 0.05) is 39.3 Å². The molecular formula is C39H60FN5O10S. The number of ether oxygens (including phenoxy) is 4. The van der Waals surface area contributed by atoms with Gasteiger partial charge in [-0.25, -0.2) is 32.0 Å². The number of rotatable bonds is 18. The van der Waals surface area contributed by atoms with Crippen LogP contribution in [0.4, 0.5) is 30.1 Å². The number of methoxy groups -OCH3 is 1. The Morgan fingerprint density at radius 2 is 1.16 bits per heavy atom. The summed E-state index contributed by atoms with van der Waals surface area (Å²) in [6.45, 7) is 17.5. The normalized spacial score (nSPS) is 11.9. The summed E-state index contributed by atoms with van der Waals surface area (Å²) in [6, 6.07) is 9.58. The number of benzene rings is 2. The fraction of sp³-hybridized carbons (Fsp3) is 0.590. The lowest BCUT2D eigenvalue weighted by Gasteiger charge is -2.29. The Hall–Kier alpha value is -4.80. The van der Waals surface area contributed by atoms with Crippen LogP contribution in [0.3, 0.4) is 0 Å². The summed E-state index contributed by atoms with van der Waals surface area (Å²) in [5.74, 6) is -1.74. The highest BCUT2D eigenvalue weighted by Gasteiger charge is 2.25. The summed E-state index contributed by atoms with van der Waals surface area (Å²) < 4.78 is 64.9. The molecule has 0 spiro atoms. The van der Waals surface area contributed by atoms with Crippen molar-refractivity contribution < 1.29 is 50.9 Å². The number of nitrogens with one attached hydrogen (secondary N) is 3. The Labute approximate surface area is 331 Å².